The molecule has 2 aromatic rings. The number of nitro benzene ring substituents is 1. The molecule has 0 bridgehead atoms. The van der Waals surface area contributed by atoms with Crippen LogP contribution in [0.15, 0.2) is 36.4 Å². The fourth-order valence-corrected chi connectivity index (χ4v) is 1.99. The number of hydrogen-bond acceptors (Lipinski definition) is 4. The van der Waals surface area contributed by atoms with E-state index >= 15 is 0 Å². The molecule has 0 saturated carbocycles. The molecule has 0 spiro atoms. The van der Waals surface area contributed by atoms with Crippen LogP contribution in [0.1, 0.15) is 15.9 Å². The normalized spacial score (nSPS) is 10.3. The number of carbonyl (C=O) groups is 1. The summed E-state index contributed by atoms with van der Waals surface area (Å²) < 4.78 is 17.9. The molecule has 0 aromatic heterocycles. The largest absolute Gasteiger partial charge is 0.477 e. The van der Waals surface area contributed by atoms with Crippen molar-refractivity contribution in [3.8, 4) is 11.5 Å². The lowest BCUT2D eigenvalue weighted by Gasteiger charge is -2.09. The first-order valence-corrected chi connectivity index (χ1v) is 6.34. The van der Waals surface area contributed by atoms with Crippen molar-refractivity contribution in [2.24, 2.45) is 0 Å². The molecule has 0 heterocycles. The summed E-state index contributed by atoms with van der Waals surface area (Å²) in [5, 5.41) is 19.9. The zero-order chi connectivity index (χ0) is 16.3. The third-order valence-corrected chi connectivity index (χ3v) is 3.07. The topological polar surface area (TPSA) is 89.7 Å². The van der Waals surface area contributed by atoms with E-state index in [9.17, 15) is 19.3 Å². The quantitative estimate of drug-likeness (QED) is 0.657. The van der Waals surface area contributed by atoms with Gasteiger partial charge in [-0.3, -0.25) is 10.1 Å². The van der Waals surface area contributed by atoms with Gasteiger partial charge in [0.15, 0.2) is 0 Å². The lowest BCUT2D eigenvalue weighted by molar-refractivity contribution is -0.385. The number of alkyl halides is 1. The Balaban J connectivity index is 2.36. The van der Waals surface area contributed by atoms with Gasteiger partial charge in [-0.2, -0.15) is 0 Å². The number of carboxylic acids is 1. The van der Waals surface area contributed by atoms with Gasteiger partial charge in [-0.25, -0.2) is 9.18 Å². The number of aromatic carboxylic acids is 1. The second-order valence-electron chi connectivity index (χ2n) is 4.24. The number of rotatable bonds is 5. The molecule has 2 aromatic carbocycles. The first-order chi connectivity index (χ1) is 10.4. The van der Waals surface area contributed by atoms with E-state index < -0.39 is 28.8 Å². The van der Waals surface area contributed by atoms with Gasteiger partial charge in [0.1, 0.15) is 23.7 Å². The van der Waals surface area contributed by atoms with Crippen LogP contribution in [0.25, 0.3) is 0 Å². The predicted octanol–water partition coefficient (Wildman–Crippen LogP) is 4.21. The molecule has 22 heavy (non-hydrogen) atoms. The highest BCUT2D eigenvalue weighted by molar-refractivity contribution is 6.32. The molecule has 0 radical (unpaired) electrons. The van der Waals surface area contributed by atoms with Gasteiger partial charge >= 0.3 is 5.97 Å². The van der Waals surface area contributed by atoms with Gasteiger partial charge in [0.2, 0.25) is 0 Å². The molecule has 0 aliphatic carbocycles. The van der Waals surface area contributed by atoms with E-state index in [4.69, 9.17) is 21.4 Å². The van der Waals surface area contributed by atoms with Gasteiger partial charge in [-0.15, -0.1) is 0 Å². The van der Waals surface area contributed by atoms with Crippen LogP contribution in [-0.2, 0) is 6.67 Å². The van der Waals surface area contributed by atoms with E-state index in [0.717, 1.165) is 12.1 Å². The number of nitrogens with zero attached hydrogens (tertiary/aromatic N) is 1. The number of carboxylic acid groups (broad SMARTS) is 1. The minimum absolute atomic E-state index is 0.0675. The number of hydrogen-bond donors (Lipinski definition) is 1. The van der Waals surface area contributed by atoms with Crippen LogP contribution in [0.3, 0.4) is 0 Å². The maximum absolute atomic E-state index is 12.5. The average Bonchev–Trinajstić information content (AvgIpc) is 2.48. The molecule has 2 rings (SSSR count). The summed E-state index contributed by atoms with van der Waals surface area (Å²) >= 11 is 5.93. The molecule has 8 heteroatoms. The van der Waals surface area contributed by atoms with E-state index in [2.05, 4.69) is 0 Å². The van der Waals surface area contributed by atoms with Gasteiger partial charge < -0.3 is 9.84 Å². The lowest BCUT2D eigenvalue weighted by Crippen LogP contribution is -2.02. The van der Waals surface area contributed by atoms with Crippen molar-refractivity contribution in [3.05, 3.63) is 62.7 Å². The molecule has 0 unspecified atom stereocenters. The van der Waals surface area contributed by atoms with Crippen LogP contribution >= 0.6 is 11.6 Å². The molecule has 0 amide bonds. The Morgan fingerprint density at radius 1 is 1.32 bits per heavy atom. The van der Waals surface area contributed by atoms with E-state index in [1.165, 1.54) is 24.3 Å². The van der Waals surface area contributed by atoms with Crippen molar-refractivity contribution in [1.82, 2.24) is 0 Å². The number of benzene rings is 2. The fraction of sp³-hybridized carbons (Fsp3) is 0.0714. The lowest BCUT2D eigenvalue weighted by atomic mass is 10.1. The second kappa shape index (κ2) is 6.40. The third-order valence-electron chi connectivity index (χ3n) is 2.77. The number of halogens is 2. The Hall–Kier alpha value is -2.67. The zero-order valence-electron chi connectivity index (χ0n) is 11.0. The molecular weight excluding hydrogens is 317 g/mol. The van der Waals surface area contributed by atoms with Crippen LogP contribution in [-0.4, -0.2) is 16.0 Å². The predicted molar refractivity (Wildman–Crippen MR) is 76.4 cm³/mol. The Morgan fingerprint density at radius 2 is 2.05 bits per heavy atom. The molecule has 0 aliphatic heterocycles. The van der Waals surface area contributed by atoms with E-state index in [0.29, 0.717) is 5.56 Å². The van der Waals surface area contributed by atoms with Gasteiger partial charge in [-0.1, -0.05) is 17.7 Å². The summed E-state index contributed by atoms with van der Waals surface area (Å²) in [4.78, 5) is 21.0. The molecule has 0 aliphatic rings. The minimum Gasteiger partial charge on any atom is -0.477 e. The molecule has 6 nitrogen and oxygen atoms in total. The molecule has 0 saturated heterocycles. The van der Waals surface area contributed by atoms with Gasteiger partial charge in [0, 0.05) is 12.1 Å². The van der Waals surface area contributed by atoms with Crippen LogP contribution in [0, 0.1) is 10.1 Å². The standard InChI is InChI=1S/C14H9ClFNO5/c15-11-5-8(7-16)1-4-13(11)22-9-2-3-12(17(20)21)10(6-9)14(18)19/h1-6H,7H2,(H,18,19). The molecule has 0 atom stereocenters. The summed E-state index contributed by atoms with van der Waals surface area (Å²) in [6.07, 6.45) is 0. The van der Waals surface area contributed by atoms with Crippen LogP contribution in [0.5, 0.6) is 11.5 Å². The first-order valence-electron chi connectivity index (χ1n) is 5.96. The maximum atomic E-state index is 12.5. The monoisotopic (exact) mass is 325 g/mol. The van der Waals surface area contributed by atoms with E-state index in [-0.39, 0.29) is 16.5 Å². The Labute approximate surface area is 128 Å². The third kappa shape index (κ3) is 3.32. The zero-order valence-corrected chi connectivity index (χ0v) is 11.7. The summed E-state index contributed by atoms with van der Waals surface area (Å²) in [5.74, 6) is -1.20. The van der Waals surface area contributed by atoms with Crippen molar-refractivity contribution in [1.29, 1.82) is 0 Å². The molecule has 0 fully saturated rings. The summed E-state index contributed by atoms with van der Waals surface area (Å²) in [5.41, 5.74) is -0.676. The number of ether oxygens (including phenoxy) is 1. The summed E-state index contributed by atoms with van der Waals surface area (Å²) in [7, 11) is 0. The SMILES string of the molecule is O=C(O)c1cc(Oc2ccc(CF)cc2Cl)ccc1[N+](=O)[O-]. The summed E-state index contributed by atoms with van der Waals surface area (Å²) in [6.45, 7) is -0.680. The maximum Gasteiger partial charge on any atom is 0.342 e. The van der Waals surface area contributed by atoms with E-state index in [1.54, 1.807) is 0 Å². The molecule has 114 valence electrons. The number of nitro groups is 1. The Bertz CT molecular complexity index is 750. The van der Waals surface area contributed by atoms with Gasteiger partial charge in [0.05, 0.1) is 9.95 Å². The Morgan fingerprint density at radius 3 is 2.59 bits per heavy atom. The van der Waals surface area contributed by atoms with Crippen LogP contribution in [0.4, 0.5) is 10.1 Å². The van der Waals surface area contributed by atoms with Crippen LogP contribution < -0.4 is 4.74 Å². The average molecular weight is 326 g/mol. The van der Waals surface area contributed by atoms with Crippen molar-refractivity contribution in [3.63, 3.8) is 0 Å². The molecular formula is C14H9ClFNO5. The highest BCUT2D eigenvalue weighted by Crippen LogP contribution is 2.32. The summed E-state index contributed by atoms with van der Waals surface area (Å²) in [6, 6.07) is 7.58. The van der Waals surface area contributed by atoms with Crippen molar-refractivity contribution in [2.75, 3.05) is 0 Å². The highest BCUT2D eigenvalue weighted by atomic mass is 35.5. The minimum atomic E-state index is -1.45. The van der Waals surface area contributed by atoms with Gasteiger partial charge in [-0.05, 0) is 23.8 Å². The van der Waals surface area contributed by atoms with Crippen molar-refractivity contribution in [2.45, 2.75) is 6.67 Å². The first kappa shape index (κ1) is 15.7. The molecule has 1 N–H and O–H groups in total. The Kier molecular flexibility index (Phi) is 4.57. The van der Waals surface area contributed by atoms with Crippen molar-refractivity contribution < 1.29 is 24.0 Å². The van der Waals surface area contributed by atoms with Gasteiger partial charge in [0.25, 0.3) is 5.69 Å². The second-order valence-corrected chi connectivity index (χ2v) is 4.65. The van der Waals surface area contributed by atoms with E-state index in [1.807, 2.05) is 0 Å². The van der Waals surface area contributed by atoms with Crippen molar-refractivity contribution >= 4 is 23.3 Å². The fourth-order valence-electron chi connectivity index (χ4n) is 1.75. The smallest absolute Gasteiger partial charge is 0.342 e. The highest BCUT2D eigenvalue weighted by Gasteiger charge is 2.20. The van der Waals surface area contributed by atoms with Crippen LogP contribution in [0.2, 0.25) is 5.02 Å².